The van der Waals surface area contributed by atoms with Crippen molar-refractivity contribution in [3.05, 3.63) is 53.9 Å². The molecule has 21 heavy (non-hydrogen) atoms. The Hall–Kier alpha value is -2.53. The highest BCUT2D eigenvalue weighted by molar-refractivity contribution is 5.85. The zero-order chi connectivity index (χ0) is 14.7. The summed E-state index contributed by atoms with van der Waals surface area (Å²) in [6.07, 6.45) is 0.644. The second kappa shape index (κ2) is 5.85. The van der Waals surface area contributed by atoms with Crippen molar-refractivity contribution in [1.82, 2.24) is 4.98 Å². The van der Waals surface area contributed by atoms with E-state index >= 15 is 0 Å². The number of aromatic nitrogens is 1. The van der Waals surface area contributed by atoms with Crippen LogP contribution in [0.5, 0.6) is 5.75 Å². The van der Waals surface area contributed by atoms with Gasteiger partial charge >= 0.3 is 0 Å². The van der Waals surface area contributed by atoms with E-state index in [0.717, 1.165) is 11.3 Å². The predicted molar refractivity (Wildman–Crippen MR) is 80.0 cm³/mol. The molecule has 1 aromatic heterocycles. The summed E-state index contributed by atoms with van der Waals surface area (Å²) in [6, 6.07) is 13.0. The molecule has 5 nitrogen and oxygen atoms in total. The molecule has 108 valence electrons. The van der Waals surface area contributed by atoms with E-state index in [1.807, 2.05) is 36.4 Å². The van der Waals surface area contributed by atoms with Gasteiger partial charge in [-0.3, -0.25) is 0 Å². The number of fused-ring (bicyclic) bond motifs is 1. The van der Waals surface area contributed by atoms with Crippen LogP contribution in [0, 0.1) is 0 Å². The number of aliphatic hydroxyl groups excluding tert-OH is 1. The fourth-order valence-corrected chi connectivity index (χ4v) is 2.10. The van der Waals surface area contributed by atoms with Crippen molar-refractivity contribution in [1.29, 1.82) is 0 Å². The van der Waals surface area contributed by atoms with Crippen LogP contribution in [0.3, 0.4) is 0 Å². The maximum atomic E-state index is 8.87. The highest BCUT2D eigenvalue weighted by atomic mass is 16.5. The fraction of sp³-hybridized carbons (Fsp3) is 0.188. The van der Waals surface area contributed by atoms with Gasteiger partial charge in [0.2, 0.25) is 5.89 Å². The minimum Gasteiger partial charge on any atom is -0.484 e. The molecule has 0 saturated carbocycles. The Morgan fingerprint density at radius 1 is 1.14 bits per heavy atom. The van der Waals surface area contributed by atoms with Gasteiger partial charge in [-0.05, 0) is 36.2 Å². The molecule has 5 heteroatoms. The SMILES string of the molecule is Nc1cccc2oc(COc3ccc(CCO)cc3)nc12. The molecule has 0 spiro atoms. The van der Waals surface area contributed by atoms with Gasteiger partial charge in [-0.2, -0.15) is 0 Å². The minimum atomic E-state index is 0.143. The standard InChI is InChI=1S/C16H16N2O3/c17-13-2-1-3-14-16(13)18-15(21-14)10-20-12-6-4-11(5-7-12)8-9-19/h1-7,19H,8-10,17H2. The minimum absolute atomic E-state index is 0.143. The van der Waals surface area contributed by atoms with Crippen molar-refractivity contribution in [2.24, 2.45) is 0 Å². The molecule has 0 atom stereocenters. The van der Waals surface area contributed by atoms with Gasteiger partial charge in [-0.25, -0.2) is 4.98 Å². The number of benzene rings is 2. The number of rotatable bonds is 5. The van der Waals surface area contributed by atoms with Crippen LogP contribution in [0.1, 0.15) is 11.5 Å². The van der Waals surface area contributed by atoms with Crippen molar-refractivity contribution < 1.29 is 14.3 Å². The quantitative estimate of drug-likeness (QED) is 0.704. The molecule has 2 aromatic carbocycles. The maximum absolute atomic E-state index is 8.87. The third-order valence-electron chi connectivity index (χ3n) is 3.18. The lowest BCUT2D eigenvalue weighted by Crippen LogP contribution is -1.96. The summed E-state index contributed by atoms with van der Waals surface area (Å²) in [7, 11) is 0. The summed E-state index contributed by atoms with van der Waals surface area (Å²) in [6.45, 7) is 0.387. The molecule has 0 bridgehead atoms. The van der Waals surface area contributed by atoms with E-state index in [1.54, 1.807) is 6.07 Å². The van der Waals surface area contributed by atoms with Crippen molar-refractivity contribution in [2.45, 2.75) is 13.0 Å². The fourth-order valence-electron chi connectivity index (χ4n) is 2.10. The van der Waals surface area contributed by atoms with E-state index in [2.05, 4.69) is 4.98 Å². The molecule has 0 aliphatic rings. The third-order valence-corrected chi connectivity index (χ3v) is 3.18. The molecular formula is C16H16N2O3. The van der Waals surface area contributed by atoms with Crippen molar-refractivity contribution in [3.63, 3.8) is 0 Å². The summed E-state index contributed by atoms with van der Waals surface area (Å²) >= 11 is 0. The molecule has 0 unspecified atom stereocenters. The van der Waals surface area contributed by atoms with Gasteiger partial charge in [-0.15, -0.1) is 0 Å². The number of para-hydroxylation sites is 1. The van der Waals surface area contributed by atoms with E-state index < -0.39 is 0 Å². The average Bonchev–Trinajstić information content (AvgIpc) is 2.91. The zero-order valence-corrected chi connectivity index (χ0v) is 11.5. The number of oxazole rings is 1. The van der Waals surface area contributed by atoms with Crippen LogP contribution < -0.4 is 10.5 Å². The van der Waals surface area contributed by atoms with Gasteiger partial charge in [-0.1, -0.05) is 18.2 Å². The molecule has 3 rings (SSSR count). The van der Waals surface area contributed by atoms with Crippen LogP contribution in [0.15, 0.2) is 46.9 Å². The summed E-state index contributed by atoms with van der Waals surface area (Å²) < 4.78 is 11.2. The molecule has 3 aromatic rings. The Morgan fingerprint density at radius 3 is 2.67 bits per heavy atom. The van der Waals surface area contributed by atoms with Crippen molar-refractivity contribution in [2.75, 3.05) is 12.3 Å². The Morgan fingerprint density at radius 2 is 1.95 bits per heavy atom. The zero-order valence-electron chi connectivity index (χ0n) is 11.5. The van der Waals surface area contributed by atoms with Gasteiger partial charge in [0.1, 0.15) is 11.3 Å². The highest BCUT2D eigenvalue weighted by Crippen LogP contribution is 2.22. The first-order valence-electron chi connectivity index (χ1n) is 6.73. The lowest BCUT2D eigenvalue weighted by Gasteiger charge is -2.04. The van der Waals surface area contributed by atoms with Crippen molar-refractivity contribution in [3.8, 4) is 5.75 Å². The van der Waals surface area contributed by atoms with Crippen LogP contribution in [-0.2, 0) is 13.0 Å². The molecular weight excluding hydrogens is 268 g/mol. The molecule has 1 heterocycles. The largest absolute Gasteiger partial charge is 0.484 e. The first kappa shape index (κ1) is 13.5. The Labute approximate surface area is 122 Å². The first-order chi connectivity index (χ1) is 10.3. The van der Waals surface area contributed by atoms with E-state index in [-0.39, 0.29) is 13.2 Å². The Kier molecular flexibility index (Phi) is 3.75. The Bertz CT molecular complexity index is 735. The predicted octanol–water partition coefficient (Wildman–Crippen LogP) is 2.52. The second-order valence-corrected chi connectivity index (χ2v) is 4.71. The molecule has 0 aliphatic heterocycles. The number of nitrogen functional groups attached to an aromatic ring is 1. The smallest absolute Gasteiger partial charge is 0.233 e. The van der Waals surface area contributed by atoms with Gasteiger partial charge < -0.3 is 20.0 Å². The van der Waals surface area contributed by atoms with Crippen molar-refractivity contribution >= 4 is 16.8 Å². The topological polar surface area (TPSA) is 81.5 Å². The van der Waals surface area contributed by atoms with E-state index in [9.17, 15) is 0 Å². The van der Waals surface area contributed by atoms with E-state index in [0.29, 0.717) is 29.1 Å². The molecule has 3 N–H and O–H groups in total. The highest BCUT2D eigenvalue weighted by Gasteiger charge is 2.08. The monoisotopic (exact) mass is 284 g/mol. The number of aliphatic hydroxyl groups is 1. The molecule has 0 fully saturated rings. The van der Waals surface area contributed by atoms with Crippen LogP contribution in [0.25, 0.3) is 11.1 Å². The molecule has 0 amide bonds. The molecule has 0 aliphatic carbocycles. The summed E-state index contributed by atoms with van der Waals surface area (Å²) in [4.78, 5) is 4.32. The average molecular weight is 284 g/mol. The number of nitrogens with two attached hydrogens (primary N) is 1. The molecule has 0 saturated heterocycles. The normalized spacial score (nSPS) is 10.9. The number of ether oxygens (including phenoxy) is 1. The Balaban J connectivity index is 1.69. The second-order valence-electron chi connectivity index (χ2n) is 4.71. The number of hydrogen-bond acceptors (Lipinski definition) is 5. The van der Waals surface area contributed by atoms with Crippen LogP contribution in [-0.4, -0.2) is 16.7 Å². The lowest BCUT2D eigenvalue weighted by molar-refractivity contribution is 0.267. The summed E-state index contributed by atoms with van der Waals surface area (Å²) in [5, 5.41) is 8.87. The summed E-state index contributed by atoms with van der Waals surface area (Å²) in [5.41, 5.74) is 8.82. The lowest BCUT2D eigenvalue weighted by atomic mass is 10.1. The van der Waals surface area contributed by atoms with E-state index in [4.69, 9.17) is 20.0 Å². The van der Waals surface area contributed by atoms with Crippen LogP contribution in [0.2, 0.25) is 0 Å². The molecule has 0 radical (unpaired) electrons. The number of nitrogens with zero attached hydrogens (tertiary/aromatic N) is 1. The van der Waals surface area contributed by atoms with Gasteiger partial charge in [0.25, 0.3) is 0 Å². The third kappa shape index (κ3) is 2.98. The van der Waals surface area contributed by atoms with Gasteiger partial charge in [0, 0.05) is 6.61 Å². The first-order valence-corrected chi connectivity index (χ1v) is 6.73. The van der Waals surface area contributed by atoms with Crippen LogP contribution >= 0.6 is 0 Å². The summed E-state index contributed by atoms with van der Waals surface area (Å²) in [5.74, 6) is 1.22. The van der Waals surface area contributed by atoms with E-state index in [1.165, 1.54) is 0 Å². The maximum Gasteiger partial charge on any atom is 0.233 e. The number of hydrogen-bond donors (Lipinski definition) is 2. The van der Waals surface area contributed by atoms with Gasteiger partial charge in [0.05, 0.1) is 5.69 Å². The van der Waals surface area contributed by atoms with Gasteiger partial charge in [0.15, 0.2) is 12.2 Å². The number of anilines is 1. The van der Waals surface area contributed by atoms with Crippen LogP contribution in [0.4, 0.5) is 5.69 Å².